The maximum atomic E-state index is 11.9. The summed E-state index contributed by atoms with van der Waals surface area (Å²) in [4.78, 5) is 11.9. The van der Waals surface area contributed by atoms with Crippen molar-refractivity contribution >= 4 is 30.9 Å². The second kappa shape index (κ2) is 12.9. The SMILES string of the molecule is CCCC[C](CCCC)(CCCC)[Sn][c]1cc(CNC(=O)OC(C)(C)C)nn1C. The molecule has 0 atom stereocenters. The Morgan fingerprint density at radius 1 is 1.07 bits per heavy atom. The average molecular weight is 512 g/mol. The van der Waals surface area contributed by atoms with Crippen LogP contribution in [0.25, 0.3) is 0 Å². The zero-order chi connectivity index (χ0) is 21.9. The molecule has 5 nitrogen and oxygen atoms in total. The van der Waals surface area contributed by atoms with Gasteiger partial charge in [0.05, 0.1) is 0 Å². The third-order valence-corrected chi connectivity index (χ3v) is 10.9. The molecule has 29 heavy (non-hydrogen) atoms. The van der Waals surface area contributed by atoms with Gasteiger partial charge in [-0.25, -0.2) is 0 Å². The number of nitrogens with zero attached hydrogens (tertiary/aromatic N) is 2. The summed E-state index contributed by atoms with van der Waals surface area (Å²) < 4.78 is 9.40. The molecule has 2 radical (unpaired) electrons. The predicted octanol–water partition coefficient (Wildman–Crippen LogP) is 5.50. The van der Waals surface area contributed by atoms with Crippen LogP contribution in [0.1, 0.15) is 105 Å². The molecule has 0 spiro atoms. The molecule has 6 heteroatoms. The molecule has 0 bridgehead atoms. The number of ether oxygens (including phenoxy) is 1. The van der Waals surface area contributed by atoms with E-state index in [4.69, 9.17) is 9.84 Å². The van der Waals surface area contributed by atoms with Gasteiger partial charge in [-0.05, 0) is 0 Å². The Hall–Kier alpha value is -0.721. The van der Waals surface area contributed by atoms with Gasteiger partial charge < -0.3 is 0 Å². The molecule has 1 amide bonds. The van der Waals surface area contributed by atoms with Gasteiger partial charge in [0.2, 0.25) is 0 Å². The van der Waals surface area contributed by atoms with Gasteiger partial charge in [0.25, 0.3) is 0 Å². The van der Waals surface area contributed by atoms with E-state index in [0.29, 0.717) is 9.98 Å². The minimum atomic E-state index is -0.829. The summed E-state index contributed by atoms with van der Waals surface area (Å²) in [6.07, 6.45) is 11.5. The molecule has 0 unspecified atom stereocenters. The summed E-state index contributed by atoms with van der Waals surface area (Å²) in [5, 5.41) is 7.54. The van der Waals surface area contributed by atoms with Crippen molar-refractivity contribution in [1.29, 1.82) is 0 Å². The fraction of sp³-hybridized carbons (Fsp3) is 0.826. The van der Waals surface area contributed by atoms with Gasteiger partial charge in [-0.15, -0.1) is 0 Å². The van der Waals surface area contributed by atoms with Crippen molar-refractivity contribution in [2.45, 2.75) is 115 Å². The summed E-state index contributed by atoms with van der Waals surface area (Å²) in [5.41, 5.74) is 0.454. The van der Waals surface area contributed by atoms with E-state index >= 15 is 0 Å². The summed E-state index contributed by atoms with van der Waals surface area (Å²) in [5.74, 6) is 0. The van der Waals surface area contributed by atoms with Crippen LogP contribution in [-0.2, 0) is 18.3 Å². The quantitative estimate of drug-likeness (QED) is 0.355. The van der Waals surface area contributed by atoms with Gasteiger partial charge in [-0.1, -0.05) is 0 Å². The van der Waals surface area contributed by atoms with Gasteiger partial charge >= 0.3 is 189 Å². The summed E-state index contributed by atoms with van der Waals surface area (Å²) in [7, 11) is 2.07. The van der Waals surface area contributed by atoms with Crippen LogP contribution >= 0.6 is 0 Å². The van der Waals surface area contributed by atoms with Crippen LogP contribution in [0.3, 0.4) is 0 Å². The molecule has 0 fully saturated rings. The van der Waals surface area contributed by atoms with Crippen molar-refractivity contribution in [2.75, 3.05) is 0 Å². The number of aromatic nitrogens is 2. The number of hydrogen-bond donors (Lipinski definition) is 1. The predicted molar refractivity (Wildman–Crippen MR) is 123 cm³/mol. The molecule has 0 aliphatic rings. The third kappa shape index (κ3) is 10.2. The number of alkyl carbamates (subject to hydrolysis) is 1. The van der Waals surface area contributed by atoms with E-state index in [1.807, 2.05) is 20.8 Å². The number of hydrogen-bond acceptors (Lipinski definition) is 3. The van der Waals surface area contributed by atoms with Crippen molar-refractivity contribution in [3.8, 4) is 0 Å². The molecule has 0 aromatic carbocycles. The van der Waals surface area contributed by atoms with Crippen molar-refractivity contribution < 1.29 is 9.53 Å². The molecule has 0 saturated heterocycles. The van der Waals surface area contributed by atoms with Gasteiger partial charge in [0.1, 0.15) is 0 Å². The van der Waals surface area contributed by atoms with E-state index in [1.165, 1.54) is 61.5 Å². The molecular formula is C23H43N3O2Sn. The molecule has 1 rings (SSSR count). The van der Waals surface area contributed by atoms with Crippen LogP contribution < -0.4 is 9.03 Å². The number of rotatable bonds is 13. The topological polar surface area (TPSA) is 56.1 Å². The number of nitrogens with one attached hydrogen (secondary N) is 1. The monoisotopic (exact) mass is 513 g/mol. The van der Waals surface area contributed by atoms with Gasteiger partial charge in [-0.3, -0.25) is 0 Å². The van der Waals surface area contributed by atoms with E-state index in [0.717, 1.165) is 5.69 Å². The van der Waals surface area contributed by atoms with Crippen LogP contribution in [0.15, 0.2) is 6.07 Å². The minimum absolute atomic E-state index is 0.382. The maximum absolute atomic E-state index is 11.9. The Balaban J connectivity index is 2.88. The molecule has 0 saturated carbocycles. The van der Waals surface area contributed by atoms with E-state index < -0.39 is 26.7 Å². The standard InChI is InChI=1S/C13H27.C10H16N3O2.Sn/c1-4-7-10-13(11-8-5-2)12-9-6-3;1-10(2,3)15-9(14)11-7-8-5-6-13(4)12-8;/h4-12H2,1-3H3;5H,7H2,1-4H3,(H,11,14);. The second-order valence-electron chi connectivity index (χ2n) is 9.22. The molecule has 1 heterocycles. The fourth-order valence-electron chi connectivity index (χ4n) is 3.59. The fourth-order valence-corrected chi connectivity index (χ4v) is 9.01. The Labute approximate surface area is 189 Å². The third-order valence-electron chi connectivity index (χ3n) is 5.16. The average Bonchev–Trinajstić information content (AvgIpc) is 2.99. The Bertz CT molecular complexity index is 586. The molecular weight excluding hydrogens is 469 g/mol. The van der Waals surface area contributed by atoms with Crippen LogP contribution in [0, 0.1) is 0 Å². The van der Waals surface area contributed by atoms with Crippen molar-refractivity contribution in [2.24, 2.45) is 7.05 Å². The van der Waals surface area contributed by atoms with Crippen LogP contribution in [-0.4, -0.2) is 42.6 Å². The molecule has 0 aliphatic carbocycles. The number of carbonyl (C=O) groups is 1. The summed E-state index contributed by atoms with van der Waals surface area (Å²) in [6, 6.07) is 2.24. The van der Waals surface area contributed by atoms with Gasteiger partial charge in [0.15, 0.2) is 0 Å². The van der Waals surface area contributed by atoms with Crippen LogP contribution in [0.5, 0.6) is 0 Å². The van der Waals surface area contributed by atoms with Crippen LogP contribution in [0.2, 0.25) is 3.43 Å². The van der Waals surface area contributed by atoms with E-state index in [1.54, 1.807) is 0 Å². The van der Waals surface area contributed by atoms with Gasteiger partial charge in [0, 0.05) is 0 Å². The first kappa shape index (κ1) is 26.3. The van der Waals surface area contributed by atoms with Crippen molar-refractivity contribution in [1.82, 2.24) is 15.1 Å². The number of carbonyl (C=O) groups excluding carboxylic acids is 1. The Morgan fingerprint density at radius 2 is 1.59 bits per heavy atom. The zero-order valence-corrected chi connectivity index (χ0v) is 22.7. The van der Waals surface area contributed by atoms with E-state index in [2.05, 4.69) is 43.9 Å². The van der Waals surface area contributed by atoms with Gasteiger partial charge in [-0.2, -0.15) is 0 Å². The summed E-state index contributed by atoms with van der Waals surface area (Å²) in [6.45, 7) is 13.0. The van der Waals surface area contributed by atoms with Crippen molar-refractivity contribution in [3.63, 3.8) is 0 Å². The first-order chi connectivity index (χ1) is 13.6. The molecule has 1 aromatic rings. The normalized spacial score (nSPS) is 12.2. The second-order valence-corrected chi connectivity index (χ2v) is 14.4. The van der Waals surface area contributed by atoms with E-state index in [9.17, 15) is 4.79 Å². The first-order valence-corrected chi connectivity index (χ1v) is 14.3. The van der Waals surface area contributed by atoms with Crippen molar-refractivity contribution in [3.05, 3.63) is 11.8 Å². The zero-order valence-electron chi connectivity index (χ0n) is 19.9. The Kier molecular flexibility index (Phi) is 11.7. The number of unbranched alkanes of at least 4 members (excludes halogenated alkanes) is 3. The molecule has 1 N–H and O–H groups in total. The van der Waals surface area contributed by atoms with E-state index in [-0.39, 0.29) is 6.09 Å². The van der Waals surface area contributed by atoms with Crippen LogP contribution in [0.4, 0.5) is 4.79 Å². The first-order valence-electron chi connectivity index (χ1n) is 11.4. The number of amides is 1. The number of aryl methyl sites for hydroxylation is 1. The summed E-state index contributed by atoms with van der Waals surface area (Å²) >= 11 is -0.829. The Morgan fingerprint density at radius 3 is 2.03 bits per heavy atom. The molecule has 0 aliphatic heterocycles. The molecule has 1 aromatic heterocycles. The molecule has 166 valence electrons.